The van der Waals surface area contributed by atoms with Crippen LogP contribution in [0.15, 0.2) is 18.2 Å². The largest absolute Gasteiger partial charge is 0.504 e. The van der Waals surface area contributed by atoms with E-state index in [0.29, 0.717) is 11.7 Å². The van der Waals surface area contributed by atoms with E-state index in [2.05, 4.69) is 5.32 Å². The highest BCUT2D eigenvalue weighted by molar-refractivity contribution is 5.46. The van der Waals surface area contributed by atoms with E-state index in [0.717, 1.165) is 37.2 Å². The van der Waals surface area contributed by atoms with Gasteiger partial charge in [0.05, 0.1) is 0 Å². The summed E-state index contributed by atoms with van der Waals surface area (Å²) in [5.74, 6) is 1.66. The van der Waals surface area contributed by atoms with Crippen molar-refractivity contribution in [3.63, 3.8) is 0 Å². The van der Waals surface area contributed by atoms with Crippen LogP contribution in [-0.4, -0.2) is 24.3 Å². The van der Waals surface area contributed by atoms with Crippen molar-refractivity contribution < 1.29 is 9.84 Å². The molecule has 1 aromatic rings. The van der Waals surface area contributed by atoms with Gasteiger partial charge in [0.15, 0.2) is 11.5 Å². The molecule has 0 spiro atoms. The molecule has 2 aliphatic rings. The lowest BCUT2D eigenvalue weighted by Gasteiger charge is -2.34. The number of rotatable bonds is 1. The molecule has 3 heteroatoms. The lowest BCUT2D eigenvalue weighted by atomic mass is 9.87. The molecule has 3 nitrogen and oxygen atoms in total. The van der Waals surface area contributed by atoms with E-state index < -0.39 is 0 Å². The molecule has 17 heavy (non-hydrogen) atoms. The number of para-hydroxylation sites is 1. The molecular weight excluding hydrogens is 214 g/mol. The highest BCUT2D eigenvalue weighted by Crippen LogP contribution is 2.38. The third-order valence-corrected chi connectivity index (χ3v) is 3.95. The van der Waals surface area contributed by atoms with Crippen LogP contribution in [0.3, 0.4) is 0 Å². The Hall–Kier alpha value is -1.22. The third kappa shape index (κ3) is 2.12. The van der Waals surface area contributed by atoms with Crippen LogP contribution >= 0.6 is 0 Å². The number of aromatic hydroxyl groups is 1. The van der Waals surface area contributed by atoms with E-state index in [4.69, 9.17) is 4.74 Å². The number of fused-ring (bicyclic) bond motifs is 1. The SMILES string of the molecule is Oc1cccc2c1OC(C1CCNCC1)CC2. The average molecular weight is 233 g/mol. The predicted octanol–water partition coefficient (Wildman–Crippen LogP) is 2.09. The van der Waals surface area contributed by atoms with Crippen LogP contribution in [0.5, 0.6) is 11.5 Å². The molecule has 0 aliphatic carbocycles. The second-order valence-electron chi connectivity index (χ2n) is 5.05. The molecule has 1 aromatic carbocycles. The first-order chi connectivity index (χ1) is 8.34. The second-order valence-corrected chi connectivity index (χ2v) is 5.05. The van der Waals surface area contributed by atoms with Gasteiger partial charge in [-0.15, -0.1) is 0 Å². The summed E-state index contributed by atoms with van der Waals surface area (Å²) in [6.45, 7) is 2.19. The standard InChI is InChI=1S/C14H19NO2/c16-12-3-1-2-11-4-5-13(17-14(11)12)10-6-8-15-9-7-10/h1-3,10,13,15-16H,4-9H2. The first-order valence-corrected chi connectivity index (χ1v) is 6.53. The van der Waals surface area contributed by atoms with Gasteiger partial charge in [-0.25, -0.2) is 0 Å². The van der Waals surface area contributed by atoms with E-state index in [1.54, 1.807) is 6.07 Å². The first-order valence-electron chi connectivity index (χ1n) is 6.53. The van der Waals surface area contributed by atoms with Gasteiger partial charge in [0, 0.05) is 0 Å². The number of piperidine rings is 1. The predicted molar refractivity (Wildman–Crippen MR) is 66.4 cm³/mol. The van der Waals surface area contributed by atoms with Gasteiger partial charge in [-0.05, 0) is 56.3 Å². The first kappa shape index (κ1) is 10.9. The zero-order valence-electron chi connectivity index (χ0n) is 9.98. The maximum absolute atomic E-state index is 9.84. The van der Waals surface area contributed by atoms with E-state index in [-0.39, 0.29) is 6.10 Å². The van der Waals surface area contributed by atoms with Crippen LogP contribution in [0.1, 0.15) is 24.8 Å². The fourth-order valence-electron chi connectivity index (χ4n) is 2.96. The molecule has 2 aliphatic heterocycles. The maximum atomic E-state index is 9.84. The molecule has 0 aromatic heterocycles. The van der Waals surface area contributed by atoms with Crippen molar-refractivity contribution in [1.82, 2.24) is 5.32 Å². The minimum absolute atomic E-state index is 0.290. The van der Waals surface area contributed by atoms with Crippen LogP contribution in [0.4, 0.5) is 0 Å². The molecule has 0 bridgehead atoms. The summed E-state index contributed by atoms with van der Waals surface area (Å²) in [5, 5.41) is 13.2. The average Bonchev–Trinajstić information content (AvgIpc) is 2.40. The van der Waals surface area contributed by atoms with Gasteiger partial charge in [-0.1, -0.05) is 12.1 Å². The Bertz CT molecular complexity index is 399. The number of aryl methyl sites for hydroxylation is 1. The summed E-state index contributed by atoms with van der Waals surface area (Å²) in [4.78, 5) is 0. The maximum Gasteiger partial charge on any atom is 0.164 e. The molecule has 0 radical (unpaired) electrons. The number of hydrogen-bond donors (Lipinski definition) is 2. The summed E-state index contributed by atoms with van der Waals surface area (Å²) in [7, 11) is 0. The van der Waals surface area contributed by atoms with E-state index in [9.17, 15) is 5.11 Å². The van der Waals surface area contributed by atoms with E-state index in [1.165, 1.54) is 12.8 Å². The van der Waals surface area contributed by atoms with E-state index >= 15 is 0 Å². The Morgan fingerprint density at radius 1 is 1.18 bits per heavy atom. The lowest BCUT2D eigenvalue weighted by molar-refractivity contribution is 0.0884. The fourth-order valence-corrected chi connectivity index (χ4v) is 2.96. The highest BCUT2D eigenvalue weighted by atomic mass is 16.5. The topological polar surface area (TPSA) is 41.5 Å². The van der Waals surface area contributed by atoms with Crippen LogP contribution in [0, 0.1) is 5.92 Å². The van der Waals surface area contributed by atoms with Gasteiger partial charge < -0.3 is 15.2 Å². The minimum Gasteiger partial charge on any atom is -0.504 e. The fraction of sp³-hybridized carbons (Fsp3) is 0.571. The van der Waals surface area contributed by atoms with Gasteiger partial charge in [-0.2, -0.15) is 0 Å². The zero-order chi connectivity index (χ0) is 11.7. The number of benzene rings is 1. The van der Waals surface area contributed by atoms with Crippen LogP contribution in [-0.2, 0) is 6.42 Å². The lowest BCUT2D eigenvalue weighted by Crippen LogP contribution is -2.38. The molecule has 1 saturated heterocycles. The number of hydrogen-bond acceptors (Lipinski definition) is 3. The molecule has 3 rings (SSSR count). The Balaban J connectivity index is 1.77. The smallest absolute Gasteiger partial charge is 0.164 e. The normalized spacial score (nSPS) is 25.1. The minimum atomic E-state index is 0.290. The Kier molecular flexibility index (Phi) is 2.93. The van der Waals surface area contributed by atoms with Crippen molar-refractivity contribution in [2.24, 2.45) is 5.92 Å². The van der Waals surface area contributed by atoms with Gasteiger partial charge in [0.1, 0.15) is 6.10 Å². The molecule has 92 valence electrons. The zero-order valence-corrected chi connectivity index (χ0v) is 9.98. The molecule has 0 saturated carbocycles. The summed E-state index contributed by atoms with van der Waals surface area (Å²) in [6, 6.07) is 5.65. The molecule has 1 fully saturated rings. The summed E-state index contributed by atoms with van der Waals surface area (Å²) in [5.41, 5.74) is 1.15. The van der Waals surface area contributed by atoms with Gasteiger partial charge in [-0.3, -0.25) is 0 Å². The van der Waals surface area contributed by atoms with Crippen LogP contribution in [0.2, 0.25) is 0 Å². The monoisotopic (exact) mass is 233 g/mol. The van der Waals surface area contributed by atoms with Crippen molar-refractivity contribution in [3.05, 3.63) is 23.8 Å². The molecule has 2 N–H and O–H groups in total. The van der Waals surface area contributed by atoms with E-state index in [1.807, 2.05) is 12.1 Å². The van der Waals surface area contributed by atoms with Crippen LogP contribution < -0.4 is 10.1 Å². The highest BCUT2D eigenvalue weighted by Gasteiger charge is 2.29. The van der Waals surface area contributed by atoms with Crippen molar-refractivity contribution >= 4 is 0 Å². The third-order valence-electron chi connectivity index (χ3n) is 3.95. The van der Waals surface area contributed by atoms with Crippen molar-refractivity contribution in [3.8, 4) is 11.5 Å². The van der Waals surface area contributed by atoms with Crippen molar-refractivity contribution in [1.29, 1.82) is 0 Å². The molecule has 0 amide bonds. The summed E-state index contributed by atoms with van der Waals surface area (Å²) < 4.78 is 6.02. The summed E-state index contributed by atoms with van der Waals surface area (Å²) >= 11 is 0. The van der Waals surface area contributed by atoms with Gasteiger partial charge >= 0.3 is 0 Å². The van der Waals surface area contributed by atoms with Crippen LogP contribution in [0.25, 0.3) is 0 Å². The van der Waals surface area contributed by atoms with Crippen molar-refractivity contribution in [2.75, 3.05) is 13.1 Å². The number of phenols is 1. The second kappa shape index (κ2) is 4.57. The number of ether oxygens (including phenoxy) is 1. The van der Waals surface area contributed by atoms with Crippen molar-refractivity contribution in [2.45, 2.75) is 31.8 Å². The summed E-state index contributed by atoms with van der Waals surface area (Å²) in [6.07, 6.45) is 4.78. The Labute approximate surface area is 102 Å². The van der Waals surface area contributed by atoms with Gasteiger partial charge in [0.2, 0.25) is 0 Å². The molecular formula is C14H19NO2. The molecule has 1 atom stereocenters. The number of nitrogens with one attached hydrogen (secondary N) is 1. The number of phenolic OH excluding ortho intramolecular Hbond substituents is 1. The quantitative estimate of drug-likeness (QED) is 0.780. The Morgan fingerprint density at radius 2 is 2.00 bits per heavy atom. The molecule has 2 heterocycles. The van der Waals surface area contributed by atoms with Gasteiger partial charge in [0.25, 0.3) is 0 Å². The Morgan fingerprint density at radius 3 is 2.82 bits per heavy atom. The molecule has 1 unspecified atom stereocenters.